The van der Waals surface area contributed by atoms with Crippen molar-refractivity contribution < 1.29 is 22.1 Å². The fraction of sp³-hybridized carbons (Fsp3) is 0.0870. The van der Waals surface area contributed by atoms with E-state index in [1.54, 1.807) is 36.4 Å². The molecule has 4 rings (SSSR count). The van der Waals surface area contributed by atoms with Crippen LogP contribution in [0.15, 0.2) is 88.3 Å². The van der Waals surface area contributed by atoms with Crippen LogP contribution in [0.2, 0.25) is 0 Å². The molecule has 0 saturated carbocycles. The lowest BCUT2D eigenvalue weighted by Crippen LogP contribution is -2.14. The number of benzene rings is 3. The number of hydrogen-bond donors (Lipinski definition) is 2. The van der Waals surface area contributed by atoms with E-state index in [1.807, 2.05) is 0 Å². The van der Waals surface area contributed by atoms with Crippen molar-refractivity contribution in [1.82, 2.24) is 10.1 Å². The molecule has 1 aromatic heterocycles. The minimum atomic E-state index is -3.74. The van der Waals surface area contributed by atoms with Crippen molar-refractivity contribution >= 4 is 27.3 Å². The molecule has 0 unspecified atom stereocenters. The number of rotatable bonds is 8. The van der Waals surface area contributed by atoms with Crippen molar-refractivity contribution in [2.75, 3.05) is 10.0 Å². The summed E-state index contributed by atoms with van der Waals surface area (Å²) in [5.41, 5.74) is 1.36. The second kappa shape index (κ2) is 9.61. The van der Waals surface area contributed by atoms with E-state index in [0.717, 1.165) is 0 Å². The lowest BCUT2D eigenvalue weighted by atomic mass is 10.2. The summed E-state index contributed by atoms with van der Waals surface area (Å²) in [5.74, 6) is -0.0895. The van der Waals surface area contributed by atoms with Crippen molar-refractivity contribution in [1.29, 1.82) is 0 Å². The smallest absolute Gasteiger partial charge is 0.261 e. The molecular formula is C23H19FN4O4S. The summed E-state index contributed by atoms with van der Waals surface area (Å²) in [6, 6.07) is 20.1. The molecule has 0 atom stereocenters. The first-order chi connectivity index (χ1) is 15.9. The average Bonchev–Trinajstić information content (AvgIpc) is 3.28. The van der Waals surface area contributed by atoms with Gasteiger partial charge in [-0.05, 0) is 54.6 Å². The van der Waals surface area contributed by atoms with Gasteiger partial charge in [0, 0.05) is 24.1 Å². The number of carbonyl (C=O) groups is 1. The van der Waals surface area contributed by atoms with Crippen LogP contribution in [0.1, 0.15) is 12.3 Å². The third-order valence-electron chi connectivity index (χ3n) is 4.59. The van der Waals surface area contributed by atoms with Crippen LogP contribution in [0.25, 0.3) is 11.4 Å². The first kappa shape index (κ1) is 22.2. The van der Waals surface area contributed by atoms with Gasteiger partial charge in [-0.2, -0.15) is 4.98 Å². The molecule has 10 heteroatoms. The minimum absolute atomic E-state index is 0.0744. The van der Waals surface area contributed by atoms with Crippen molar-refractivity contribution in [3.63, 3.8) is 0 Å². The summed E-state index contributed by atoms with van der Waals surface area (Å²) >= 11 is 0. The summed E-state index contributed by atoms with van der Waals surface area (Å²) in [6.45, 7) is 0. The number of anilines is 2. The monoisotopic (exact) mass is 466 g/mol. The summed E-state index contributed by atoms with van der Waals surface area (Å²) < 4.78 is 45.6. The van der Waals surface area contributed by atoms with Gasteiger partial charge >= 0.3 is 0 Å². The number of nitrogens with zero attached hydrogens (tertiary/aromatic N) is 2. The van der Waals surface area contributed by atoms with E-state index >= 15 is 0 Å². The molecule has 0 aliphatic heterocycles. The molecule has 0 spiro atoms. The third-order valence-corrected chi connectivity index (χ3v) is 5.99. The Morgan fingerprint density at radius 1 is 0.939 bits per heavy atom. The van der Waals surface area contributed by atoms with Gasteiger partial charge in [-0.25, -0.2) is 12.8 Å². The molecule has 0 aliphatic carbocycles. The molecule has 4 aromatic rings. The Bertz CT molecular complexity index is 1360. The molecule has 0 fully saturated rings. The molecule has 8 nitrogen and oxygen atoms in total. The molecule has 2 N–H and O–H groups in total. The second-order valence-corrected chi connectivity index (χ2v) is 8.75. The molecule has 0 radical (unpaired) electrons. The van der Waals surface area contributed by atoms with Crippen LogP contribution in [0, 0.1) is 5.82 Å². The molecular weight excluding hydrogens is 447 g/mol. The fourth-order valence-corrected chi connectivity index (χ4v) is 4.06. The highest BCUT2D eigenvalue weighted by atomic mass is 32.2. The molecule has 0 bridgehead atoms. The highest BCUT2D eigenvalue weighted by molar-refractivity contribution is 7.92. The summed E-state index contributed by atoms with van der Waals surface area (Å²) in [7, 11) is -3.74. The molecule has 1 amide bonds. The van der Waals surface area contributed by atoms with Crippen LogP contribution in [-0.4, -0.2) is 24.5 Å². The van der Waals surface area contributed by atoms with E-state index in [2.05, 4.69) is 20.2 Å². The van der Waals surface area contributed by atoms with Crippen molar-refractivity contribution in [3.05, 3.63) is 90.6 Å². The summed E-state index contributed by atoms with van der Waals surface area (Å²) in [5, 5.41) is 6.56. The van der Waals surface area contributed by atoms with Gasteiger partial charge in [0.1, 0.15) is 5.82 Å². The predicted molar refractivity (Wildman–Crippen MR) is 120 cm³/mol. The molecule has 33 heavy (non-hydrogen) atoms. The van der Waals surface area contributed by atoms with E-state index in [9.17, 15) is 17.6 Å². The predicted octanol–water partition coefficient (Wildman–Crippen LogP) is 4.25. The zero-order valence-corrected chi connectivity index (χ0v) is 18.0. The quantitative estimate of drug-likeness (QED) is 0.401. The van der Waals surface area contributed by atoms with Gasteiger partial charge in [-0.15, -0.1) is 0 Å². The van der Waals surface area contributed by atoms with E-state index < -0.39 is 10.0 Å². The van der Waals surface area contributed by atoms with Gasteiger partial charge in [0.05, 0.1) is 10.6 Å². The Morgan fingerprint density at radius 3 is 2.42 bits per heavy atom. The summed E-state index contributed by atoms with van der Waals surface area (Å²) in [6.07, 6.45) is 0.283. The number of carbonyl (C=O) groups excluding carboxylic acids is 1. The van der Waals surface area contributed by atoms with Gasteiger partial charge in [-0.1, -0.05) is 29.4 Å². The largest absolute Gasteiger partial charge is 0.339 e. The van der Waals surface area contributed by atoms with Crippen LogP contribution in [0.3, 0.4) is 0 Å². The molecule has 3 aromatic carbocycles. The number of halogens is 1. The fourth-order valence-electron chi connectivity index (χ4n) is 2.99. The highest BCUT2D eigenvalue weighted by Gasteiger charge is 2.14. The second-order valence-electron chi connectivity index (χ2n) is 7.07. The number of amides is 1. The van der Waals surface area contributed by atoms with Gasteiger partial charge in [0.15, 0.2) is 0 Å². The lowest BCUT2D eigenvalue weighted by Gasteiger charge is -2.10. The zero-order chi connectivity index (χ0) is 23.3. The van der Waals surface area contributed by atoms with Crippen LogP contribution in [0.4, 0.5) is 15.8 Å². The number of sulfonamides is 1. The van der Waals surface area contributed by atoms with Gasteiger partial charge < -0.3 is 9.84 Å². The SMILES string of the molecule is O=C(CCc1nc(-c2ccc(F)cc2)no1)Nc1cccc(NS(=O)(=O)c2ccccc2)c1. The standard InChI is InChI=1S/C23H19FN4O4S/c24-17-11-9-16(10-12-17)23-26-22(32-27-23)14-13-21(29)25-18-5-4-6-19(15-18)28-33(30,31)20-7-2-1-3-8-20/h1-12,15,28H,13-14H2,(H,25,29). The Labute approximate surface area is 189 Å². The summed E-state index contributed by atoms with van der Waals surface area (Å²) in [4.78, 5) is 16.7. The maximum atomic E-state index is 13.0. The Morgan fingerprint density at radius 2 is 1.67 bits per heavy atom. The Balaban J connectivity index is 1.34. The number of hydrogen-bond acceptors (Lipinski definition) is 6. The van der Waals surface area contributed by atoms with Crippen molar-refractivity contribution in [2.24, 2.45) is 0 Å². The van der Waals surface area contributed by atoms with Crippen LogP contribution >= 0.6 is 0 Å². The first-order valence-corrected chi connectivity index (χ1v) is 11.4. The highest BCUT2D eigenvalue weighted by Crippen LogP contribution is 2.20. The van der Waals surface area contributed by atoms with Crippen LogP contribution in [-0.2, 0) is 21.2 Å². The number of nitrogens with one attached hydrogen (secondary N) is 2. The number of aryl methyl sites for hydroxylation is 1. The van der Waals surface area contributed by atoms with Crippen LogP contribution < -0.4 is 10.0 Å². The van der Waals surface area contributed by atoms with E-state index in [1.165, 1.54) is 42.5 Å². The van der Waals surface area contributed by atoms with Gasteiger partial charge in [0.2, 0.25) is 17.6 Å². The first-order valence-electron chi connectivity index (χ1n) is 9.95. The Hall–Kier alpha value is -4.05. The van der Waals surface area contributed by atoms with E-state index in [0.29, 0.717) is 22.8 Å². The van der Waals surface area contributed by atoms with Gasteiger partial charge in [0.25, 0.3) is 10.0 Å². The lowest BCUT2D eigenvalue weighted by molar-refractivity contribution is -0.116. The zero-order valence-electron chi connectivity index (χ0n) is 17.2. The van der Waals surface area contributed by atoms with Crippen molar-refractivity contribution in [2.45, 2.75) is 17.7 Å². The topological polar surface area (TPSA) is 114 Å². The maximum Gasteiger partial charge on any atom is 0.261 e. The normalized spacial score (nSPS) is 11.2. The van der Waals surface area contributed by atoms with Gasteiger partial charge in [-0.3, -0.25) is 9.52 Å². The van der Waals surface area contributed by atoms with Crippen LogP contribution in [0.5, 0.6) is 0 Å². The van der Waals surface area contributed by atoms with Crippen molar-refractivity contribution in [3.8, 4) is 11.4 Å². The molecule has 0 aliphatic rings. The maximum absolute atomic E-state index is 13.0. The number of aromatic nitrogens is 2. The molecule has 168 valence electrons. The molecule has 0 saturated heterocycles. The van der Waals surface area contributed by atoms with E-state index in [4.69, 9.17) is 4.52 Å². The third kappa shape index (κ3) is 5.80. The Kier molecular flexibility index (Phi) is 6.45. The minimum Gasteiger partial charge on any atom is -0.339 e. The molecule has 1 heterocycles. The van der Waals surface area contributed by atoms with E-state index in [-0.39, 0.29) is 35.4 Å². The average molecular weight is 466 g/mol.